The van der Waals surface area contributed by atoms with Crippen molar-refractivity contribution < 1.29 is 13.6 Å². The molecule has 4 rings (SSSR count). The highest BCUT2D eigenvalue weighted by Gasteiger charge is 2.11. The number of aryl methyl sites for hydroxylation is 1. The van der Waals surface area contributed by atoms with Gasteiger partial charge in [0.2, 0.25) is 5.91 Å². The lowest BCUT2D eigenvalue weighted by Gasteiger charge is -2.05. The molecular formula is C23H21FN2O2. The molecule has 0 saturated heterocycles. The van der Waals surface area contributed by atoms with Gasteiger partial charge in [-0.2, -0.15) is 0 Å². The summed E-state index contributed by atoms with van der Waals surface area (Å²) in [5.74, 6) is 0.499. The Hall–Kier alpha value is -3.34. The molecule has 1 amide bonds. The molecule has 4 nitrogen and oxygen atoms in total. The van der Waals surface area contributed by atoms with Gasteiger partial charge >= 0.3 is 0 Å². The first kappa shape index (κ1) is 18.0. The SMILES string of the molecule is O=C(CCc1cn(Cc2ccc(F)cc2)c2ccccc12)NCc1ccco1. The third-order valence-corrected chi connectivity index (χ3v) is 4.80. The number of nitrogens with one attached hydrogen (secondary N) is 1. The minimum Gasteiger partial charge on any atom is -0.467 e. The van der Waals surface area contributed by atoms with E-state index in [4.69, 9.17) is 4.42 Å². The molecule has 142 valence electrons. The fourth-order valence-electron chi connectivity index (χ4n) is 3.37. The zero-order valence-electron chi connectivity index (χ0n) is 15.4. The molecule has 2 aromatic carbocycles. The van der Waals surface area contributed by atoms with Gasteiger partial charge in [0.25, 0.3) is 0 Å². The maximum atomic E-state index is 13.2. The van der Waals surface area contributed by atoms with E-state index in [0.29, 0.717) is 25.9 Å². The summed E-state index contributed by atoms with van der Waals surface area (Å²) in [6.45, 7) is 1.06. The second kappa shape index (κ2) is 8.13. The fraction of sp³-hybridized carbons (Fsp3) is 0.174. The minimum absolute atomic E-state index is 0.00762. The average molecular weight is 376 g/mol. The molecule has 0 aliphatic carbocycles. The predicted molar refractivity (Wildman–Crippen MR) is 106 cm³/mol. The lowest BCUT2D eigenvalue weighted by Crippen LogP contribution is -2.22. The van der Waals surface area contributed by atoms with Crippen molar-refractivity contribution >= 4 is 16.8 Å². The second-order valence-corrected chi connectivity index (χ2v) is 6.78. The van der Waals surface area contributed by atoms with Crippen LogP contribution in [0.1, 0.15) is 23.3 Å². The van der Waals surface area contributed by atoms with Gasteiger partial charge < -0.3 is 14.3 Å². The van der Waals surface area contributed by atoms with Gasteiger partial charge in [-0.25, -0.2) is 4.39 Å². The Labute approximate surface area is 162 Å². The van der Waals surface area contributed by atoms with Gasteiger partial charge in [-0.05, 0) is 47.9 Å². The van der Waals surface area contributed by atoms with E-state index in [1.165, 1.54) is 12.1 Å². The molecule has 5 heteroatoms. The topological polar surface area (TPSA) is 47.2 Å². The van der Waals surface area contributed by atoms with E-state index in [9.17, 15) is 9.18 Å². The molecule has 2 heterocycles. The molecule has 0 aliphatic heterocycles. The number of fused-ring (bicyclic) bond motifs is 1. The number of benzene rings is 2. The lowest BCUT2D eigenvalue weighted by atomic mass is 10.1. The van der Waals surface area contributed by atoms with Crippen LogP contribution in [0.15, 0.2) is 77.5 Å². The zero-order valence-corrected chi connectivity index (χ0v) is 15.4. The van der Waals surface area contributed by atoms with E-state index in [2.05, 4.69) is 28.2 Å². The van der Waals surface area contributed by atoms with Crippen LogP contribution in [0, 0.1) is 5.82 Å². The molecule has 0 bridgehead atoms. The van der Waals surface area contributed by atoms with Crippen LogP contribution in [0.4, 0.5) is 4.39 Å². The third-order valence-electron chi connectivity index (χ3n) is 4.80. The molecule has 2 aromatic heterocycles. The summed E-state index contributed by atoms with van der Waals surface area (Å²) in [7, 11) is 0. The number of amides is 1. The molecule has 1 N–H and O–H groups in total. The van der Waals surface area contributed by atoms with Crippen molar-refractivity contribution in [3.63, 3.8) is 0 Å². The Morgan fingerprint density at radius 2 is 1.86 bits per heavy atom. The van der Waals surface area contributed by atoms with Crippen LogP contribution in [-0.2, 0) is 24.3 Å². The van der Waals surface area contributed by atoms with Crippen molar-refractivity contribution in [3.05, 3.63) is 95.8 Å². The van der Waals surface area contributed by atoms with Gasteiger partial charge in [0.15, 0.2) is 0 Å². The Bertz CT molecular complexity index is 1070. The van der Waals surface area contributed by atoms with E-state index < -0.39 is 0 Å². The van der Waals surface area contributed by atoms with Crippen LogP contribution in [0.25, 0.3) is 10.9 Å². The highest BCUT2D eigenvalue weighted by Crippen LogP contribution is 2.23. The number of hydrogen-bond donors (Lipinski definition) is 1. The van der Waals surface area contributed by atoms with Crippen LogP contribution < -0.4 is 5.32 Å². The van der Waals surface area contributed by atoms with Gasteiger partial charge in [0.1, 0.15) is 11.6 Å². The van der Waals surface area contributed by atoms with Crippen molar-refractivity contribution in [1.29, 1.82) is 0 Å². The van der Waals surface area contributed by atoms with E-state index in [0.717, 1.165) is 27.8 Å². The molecule has 4 aromatic rings. The first-order valence-electron chi connectivity index (χ1n) is 9.29. The van der Waals surface area contributed by atoms with Crippen molar-refractivity contribution in [1.82, 2.24) is 9.88 Å². The van der Waals surface area contributed by atoms with Crippen molar-refractivity contribution in [2.45, 2.75) is 25.9 Å². The summed E-state index contributed by atoms with van der Waals surface area (Å²) in [6.07, 6.45) is 4.75. The van der Waals surface area contributed by atoms with Crippen LogP contribution >= 0.6 is 0 Å². The van der Waals surface area contributed by atoms with E-state index >= 15 is 0 Å². The lowest BCUT2D eigenvalue weighted by molar-refractivity contribution is -0.121. The van der Waals surface area contributed by atoms with Crippen LogP contribution in [0.3, 0.4) is 0 Å². The summed E-state index contributed by atoms with van der Waals surface area (Å²) in [5, 5.41) is 4.02. The van der Waals surface area contributed by atoms with Gasteiger partial charge in [-0.15, -0.1) is 0 Å². The van der Waals surface area contributed by atoms with Crippen molar-refractivity contribution in [2.75, 3.05) is 0 Å². The first-order valence-corrected chi connectivity index (χ1v) is 9.29. The number of halogens is 1. The van der Waals surface area contributed by atoms with Crippen molar-refractivity contribution in [2.24, 2.45) is 0 Å². The number of nitrogens with zero attached hydrogens (tertiary/aromatic N) is 1. The summed E-state index contributed by atoms with van der Waals surface area (Å²) in [4.78, 5) is 12.2. The zero-order chi connectivity index (χ0) is 19.3. The molecule has 0 radical (unpaired) electrons. The van der Waals surface area contributed by atoms with Crippen LogP contribution in [0.5, 0.6) is 0 Å². The molecule has 0 spiro atoms. The number of hydrogen-bond acceptors (Lipinski definition) is 2. The molecular weight excluding hydrogens is 355 g/mol. The third kappa shape index (κ3) is 4.14. The summed E-state index contributed by atoms with van der Waals surface area (Å²) in [5.41, 5.74) is 3.27. The Balaban J connectivity index is 1.46. The highest BCUT2D eigenvalue weighted by atomic mass is 19.1. The highest BCUT2D eigenvalue weighted by molar-refractivity contribution is 5.85. The van der Waals surface area contributed by atoms with Gasteiger partial charge in [-0.1, -0.05) is 30.3 Å². The molecule has 0 atom stereocenters. The van der Waals surface area contributed by atoms with E-state index in [-0.39, 0.29) is 11.7 Å². The van der Waals surface area contributed by atoms with Gasteiger partial charge in [-0.3, -0.25) is 4.79 Å². The molecule has 28 heavy (non-hydrogen) atoms. The molecule has 0 aliphatic rings. The number of rotatable bonds is 7. The predicted octanol–water partition coefficient (Wildman–Crippen LogP) is 4.67. The number of carbonyl (C=O) groups is 1. The van der Waals surface area contributed by atoms with E-state index in [1.54, 1.807) is 24.5 Å². The normalized spacial score (nSPS) is 11.0. The Morgan fingerprint density at radius 3 is 2.64 bits per heavy atom. The number of para-hydroxylation sites is 1. The monoisotopic (exact) mass is 376 g/mol. The fourth-order valence-corrected chi connectivity index (χ4v) is 3.37. The van der Waals surface area contributed by atoms with Crippen molar-refractivity contribution in [3.8, 4) is 0 Å². The number of carbonyl (C=O) groups excluding carboxylic acids is 1. The maximum absolute atomic E-state index is 13.2. The smallest absolute Gasteiger partial charge is 0.220 e. The molecule has 0 unspecified atom stereocenters. The van der Waals surface area contributed by atoms with Crippen LogP contribution in [-0.4, -0.2) is 10.5 Å². The summed E-state index contributed by atoms with van der Waals surface area (Å²) >= 11 is 0. The largest absolute Gasteiger partial charge is 0.467 e. The molecule has 0 saturated carbocycles. The van der Waals surface area contributed by atoms with Gasteiger partial charge in [0.05, 0.1) is 12.8 Å². The quantitative estimate of drug-likeness (QED) is 0.509. The summed E-state index contributed by atoms with van der Waals surface area (Å²) in [6, 6.07) is 18.3. The average Bonchev–Trinajstić information content (AvgIpc) is 3.35. The minimum atomic E-state index is -0.234. The standard InChI is InChI=1S/C23H21FN2O2/c24-19-10-7-17(8-11-19)15-26-16-18(21-5-1-2-6-22(21)26)9-12-23(27)25-14-20-4-3-13-28-20/h1-8,10-11,13,16H,9,12,14-15H2,(H,25,27). The van der Waals surface area contributed by atoms with E-state index in [1.807, 2.05) is 18.2 Å². The molecule has 0 fully saturated rings. The second-order valence-electron chi connectivity index (χ2n) is 6.78. The maximum Gasteiger partial charge on any atom is 0.220 e. The first-order chi connectivity index (χ1) is 13.7. The Kier molecular flexibility index (Phi) is 5.24. The Morgan fingerprint density at radius 1 is 1.04 bits per heavy atom. The van der Waals surface area contributed by atoms with Crippen LogP contribution in [0.2, 0.25) is 0 Å². The number of aromatic nitrogens is 1. The van der Waals surface area contributed by atoms with Gasteiger partial charge in [0, 0.05) is 30.1 Å². The number of furan rings is 1. The summed E-state index contributed by atoms with van der Waals surface area (Å²) < 4.78 is 20.5.